The van der Waals surface area contributed by atoms with Crippen LogP contribution in [0.2, 0.25) is 0 Å². The number of nitrogens with one attached hydrogen (secondary N) is 1. The largest absolute Gasteiger partial charge is 0.479 e. The van der Waals surface area contributed by atoms with E-state index in [0.29, 0.717) is 17.1 Å². The van der Waals surface area contributed by atoms with Gasteiger partial charge in [-0.25, -0.2) is 4.79 Å². The number of para-hydroxylation sites is 3. The zero-order chi connectivity index (χ0) is 18.7. The Hall–Kier alpha value is -3.35. The molecule has 1 unspecified atom stereocenters. The van der Waals surface area contributed by atoms with Gasteiger partial charge in [-0.2, -0.15) is 0 Å². The third-order valence-electron chi connectivity index (χ3n) is 3.98. The molecule has 1 heterocycles. The number of rotatable bonds is 4. The molecule has 1 aliphatic rings. The van der Waals surface area contributed by atoms with Gasteiger partial charge in [-0.05, 0) is 31.2 Å². The molecule has 1 N–H and O–H groups in total. The average Bonchev–Trinajstić information content (AvgIpc) is 2.65. The highest BCUT2D eigenvalue weighted by atomic mass is 16.5. The number of anilines is 2. The maximum Gasteiger partial charge on any atom is 0.339 e. The first-order valence-electron chi connectivity index (χ1n) is 8.05. The van der Waals surface area contributed by atoms with Crippen molar-refractivity contribution in [3.63, 3.8) is 0 Å². The fourth-order valence-electron chi connectivity index (χ4n) is 2.74. The lowest BCUT2D eigenvalue weighted by atomic mass is 10.1. The number of nitrogens with zero attached hydrogens (tertiary/aromatic N) is 1. The predicted molar refractivity (Wildman–Crippen MR) is 95.3 cm³/mol. The van der Waals surface area contributed by atoms with E-state index < -0.39 is 18.0 Å². The van der Waals surface area contributed by atoms with E-state index in [4.69, 9.17) is 9.47 Å². The SMILES string of the molecule is COC(=O)c1ccccc1NC(=O)CN1C(=O)C(C)Oc2ccccc21. The van der Waals surface area contributed by atoms with Gasteiger partial charge >= 0.3 is 5.97 Å². The molecule has 0 bridgehead atoms. The molecule has 3 rings (SSSR count). The monoisotopic (exact) mass is 354 g/mol. The van der Waals surface area contributed by atoms with Crippen molar-refractivity contribution in [2.75, 3.05) is 23.9 Å². The highest BCUT2D eigenvalue weighted by Gasteiger charge is 2.32. The molecule has 26 heavy (non-hydrogen) atoms. The van der Waals surface area contributed by atoms with E-state index >= 15 is 0 Å². The van der Waals surface area contributed by atoms with Gasteiger partial charge in [0, 0.05) is 0 Å². The van der Waals surface area contributed by atoms with Gasteiger partial charge in [0.05, 0.1) is 24.0 Å². The summed E-state index contributed by atoms with van der Waals surface area (Å²) in [6.45, 7) is 1.44. The predicted octanol–water partition coefficient (Wildman–Crippen LogP) is 2.23. The lowest BCUT2D eigenvalue weighted by Gasteiger charge is -2.32. The normalized spacial score (nSPS) is 15.7. The number of amides is 2. The van der Waals surface area contributed by atoms with Crippen molar-refractivity contribution < 1.29 is 23.9 Å². The maximum absolute atomic E-state index is 12.5. The van der Waals surface area contributed by atoms with E-state index in [0.717, 1.165) is 0 Å². The minimum absolute atomic E-state index is 0.195. The number of hydrogen-bond acceptors (Lipinski definition) is 5. The van der Waals surface area contributed by atoms with Gasteiger partial charge in [-0.15, -0.1) is 0 Å². The number of esters is 1. The Morgan fingerprint density at radius 1 is 1.15 bits per heavy atom. The Morgan fingerprint density at radius 3 is 2.62 bits per heavy atom. The average molecular weight is 354 g/mol. The first-order chi connectivity index (χ1) is 12.5. The summed E-state index contributed by atoms with van der Waals surface area (Å²) in [7, 11) is 1.27. The van der Waals surface area contributed by atoms with Crippen LogP contribution in [0.4, 0.5) is 11.4 Å². The van der Waals surface area contributed by atoms with Crippen LogP contribution in [0.5, 0.6) is 5.75 Å². The third-order valence-corrected chi connectivity index (χ3v) is 3.98. The fourth-order valence-corrected chi connectivity index (χ4v) is 2.74. The van der Waals surface area contributed by atoms with Crippen LogP contribution in [0.15, 0.2) is 48.5 Å². The van der Waals surface area contributed by atoms with Gasteiger partial charge in [0.25, 0.3) is 5.91 Å². The second-order valence-corrected chi connectivity index (χ2v) is 5.74. The Labute approximate surface area is 150 Å². The first kappa shape index (κ1) is 17.5. The van der Waals surface area contributed by atoms with Crippen molar-refractivity contribution in [2.24, 2.45) is 0 Å². The van der Waals surface area contributed by atoms with Crippen molar-refractivity contribution in [3.05, 3.63) is 54.1 Å². The van der Waals surface area contributed by atoms with Crippen molar-refractivity contribution in [1.82, 2.24) is 0 Å². The van der Waals surface area contributed by atoms with Crippen LogP contribution in [-0.2, 0) is 14.3 Å². The third kappa shape index (κ3) is 3.37. The molecular formula is C19H18N2O5. The lowest BCUT2D eigenvalue weighted by molar-refractivity contribution is -0.127. The molecule has 7 heteroatoms. The highest BCUT2D eigenvalue weighted by molar-refractivity contribution is 6.07. The second-order valence-electron chi connectivity index (χ2n) is 5.74. The minimum atomic E-state index is -0.681. The Morgan fingerprint density at radius 2 is 1.85 bits per heavy atom. The van der Waals surface area contributed by atoms with Gasteiger partial charge < -0.3 is 14.8 Å². The van der Waals surface area contributed by atoms with Gasteiger partial charge in [0.2, 0.25) is 5.91 Å². The van der Waals surface area contributed by atoms with E-state index in [1.54, 1.807) is 55.5 Å². The molecule has 2 aromatic rings. The summed E-state index contributed by atoms with van der Waals surface area (Å²) in [6, 6.07) is 13.5. The van der Waals surface area contributed by atoms with Crippen LogP contribution >= 0.6 is 0 Å². The van der Waals surface area contributed by atoms with Crippen molar-refractivity contribution in [2.45, 2.75) is 13.0 Å². The van der Waals surface area contributed by atoms with Crippen LogP contribution in [-0.4, -0.2) is 37.5 Å². The Balaban J connectivity index is 1.81. The van der Waals surface area contributed by atoms with Gasteiger partial charge in [0.15, 0.2) is 6.10 Å². The van der Waals surface area contributed by atoms with Crippen molar-refractivity contribution in [3.8, 4) is 5.75 Å². The summed E-state index contributed by atoms with van der Waals surface area (Å²) in [4.78, 5) is 38.1. The number of fused-ring (bicyclic) bond motifs is 1. The molecule has 134 valence electrons. The standard InChI is InChI=1S/C19H18N2O5/c1-12-18(23)21(15-9-5-6-10-16(15)26-12)11-17(22)20-14-8-4-3-7-13(14)19(24)25-2/h3-10,12H,11H2,1-2H3,(H,20,22). The number of hydrogen-bond donors (Lipinski definition) is 1. The maximum atomic E-state index is 12.5. The fraction of sp³-hybridized carbons (Fsp3) is 0.211. The number of ether oxygens (including phenoxy) is 2. The summed E-state index contributed by atoms with van der Waals surface area (Å²) in [5, 5.41) is 2.66. The zero-order valence-corrected chi connectivity index (χ0v) is 14.4. The number of benzene rings is 2. The lowest BCUT2D eigenvalue weighted by Crippen LogP contribution is -2.47. The molecule has 0 aromatic heterocycles. The van der Waals surface area contributed by atoms with Crippen LogP contribution < -0.4 is 15.0 Å². The molecule has 0 spiro atoms. The second kappa shape index (κ2) is 7.26. The molecule has 0 saturated heterocycles. The molecule has 7 nitrogen and oxygen atoms in total. The van der Waals surface area contributed by atoms with Gasteiger partial charge in [0.1, 0.15) is 12.3 Å². The molecule has 0 aliphatic carbocycles. The number of carbonyl (C=O) groups is 3. The quantitative estimate of drug-likeness (QED) is 0.851. The number of methoxy groups -OCH3 is 1. The van der Waals surface area contributed by atoms with Crippen LogP contribution in [0.25, 0.3) is 0 Å². The minimum Gasteiger partial charge on any atom is -0.479 e. The molecule has 1 aliphatic heterocycles. The Bertz CT molecular complexity index is 865. The molecular weight excluding hydrogens is 336 g/mol. The molecule has 2 amide bonds. The zero-order valence-electron chi connectivity index (χ0n) is 14.4. The molecule has 0 saturated carbocycles. The first-order valence-corrected chi connectivity index (χ1v) is 8.05. The van der Waals surface area contributed by atoms with Gasteiger partial charge in [-0.1, -0.05) is 24.3 Å². The topological polar surface area (TPSA) is 84.9 Å². The van der Waals surface area contributed by atoms with Crippen LogP contribution in [0, 0.1) is 0 Å². The summed E-state index contributed by atoms with van der Waals surface area (Å²) in [5.41, 5.74) is 1.10. The van der Waals surface area contributed by atoms with Crippen molar-refractivity contribution in [1.29, 1.82) is 0 Å². The highest BCUT2D eigenvalue weighted by Crippen LogP contribution is 2.33. The summed E-state index contributed by atoms with van der Waals surface area (Å²) >= 11 is 0. The van der Waals surface area contributed by atoms with E-state index in [1.807, 2.05) is 0 Å². The van der Waals surface area contributed by atoms with E-state index in [9.17, 15) is 14.4 Å². The van der Waals surface area contributed by atoms with Crippen molar-refractivity contribution >= 4 is 29.2 Å². The van der Waals surface area contributed by atoms with E-state index in [-0.39, 0.29) is 18.0 Å². The summed E-state index contributed by atoms with van der Waals surface area (Å²) < 4.78 is 10.3. The molecule has 1 atom stereocenters. The molecule has 2 aromatic carbocycles. The van der Waals surface area contributed by atoms with E-state index in [1.165, 1.54) is 12.0 Å². The van der Waals surface area contributed by atoms with E-state index in [2.05, 4.69) is 5.32 Å². The Kier molecular flexibility index (Phi) is 4.88. The summed E-state index contributed by atoms with van der Waals surface area (Å²) in [6.07, 6.45) is -0.681. The van der Waals surface area contributed by atoms with Crippen LogP contribution in [0.3, 0.4) is 0 Å². The van der Waals surface area contributed by atoms with Gasteiger partial charge in [-0.3, -0.25) is 14.5 Å². The van der Waals surface area contributed by atoms with Crippen LogP contribution in [0.1, 0.15) is 17.3 Å². The molecule has 0 fully saturated rings. The summed E-state index contributed by atoms with van der Waals surface area (Å²) in [5.74, 6) is -0.747. The smallest absolute Gasteiger partial charge is 0.339 e. The molecule has 0 radical (unpaired) electrons. The number of carbonyl (C=O) groups excluding carboxylic acids is 3.